The van der Waals surface area contributed by atoms with Gasteiger partial charge < -0.3 is 19.7 Å². The van der Waals surface area contributed by atoms with Crippen LogP contribution in [0, 0.1) is 0 Å². The number of hydrogen-bond acceptors (Lipinski definition) is 4. The van der Waals surface area contributed by atoms with Gasteiger partial charge in [-0.05, 0) is 43.2 Å². The first kappa shape index (κ1) is 22.2. The number of benzene rings is 2. The maximum atomic E-state index is 13.1. The number of amides is 2. The van der Waals surface area contributed by atoms with E-state index >= 15 is 0 Å². The van der Waals surface area contributed by atoms with Gasteiger partial charge in [0.1, 0.15) is 19.3 Å². The van der Waals surface area contributed by atoms with Crippen LogP contribution in [0.15, 0.2) is 36.4 Å². The first-order valence-corrected chi connectivity index (χ1v) is 10.5. The van der Waals surface area contributed by atoms with Crippen LogP contribution in [0.1, 0.15) is 24.5 Å². The van der Waals surface area contributed by atoms with Crippen molar-refractivity contribution in [3.05, 3.63) is 57.6 Å². The Bertz CT molecular complexity index is 915. The molecule has 0 saturated heterocycles. The van der Waals surface area contributed by atoms with Gasteiger partial charge in [-0.3, -0.25) is 9.59 Å². The molecule has 30 heavy (non-hydrogen) atoms. The maximum absolute atomic E-state index is 13.1. The molecule has 1 N–H and O–H groups in total. The van der Waals surface area contributed by atoms with Gasteiger partial charge in [0.15, 0.2) is 11.5 Å². The van der Waals surface area contributed by atoms with E-state index in [1.54, 1.807) is 32.2 Å². The van der Waals surface area contributed by atoms with Crippen molar-refractivity contribution in [3.8, 4) is 11.5 Å². The van der Waals surface area contributed by atoms with E-state index in [4.69, 9.17) is 32.7 Å². The Morgan fingerprint density at radius 3 is 2.43 bits per heavy atom. The Kier molecular flexibility index (Phi) is 7.45. The van der Waals surface area contributed by atoms with Crippen molar-refractivity contribution >= 4 is 35.0 Å². The van der Waals surface area contributed by atoms with Gasteiger partial charge in [-0.25, -0.2) is 0 Å². The van der Waals surface area contributed by atoms with Crippen molar-refractivity contribution in [2.45, 2.75) is 32.4 Å². The summed E-state index contributed by atoms with van der Waals surface area (Å²) in [6.07, 6.45) is 0.728. The molecule has 1 heterocycles. The van der Waals surface area contributed by atoms with E-state index < -0.39 is 6.04 Å². The minimum absolute atomic E-state index is 0.146. The molecule has 8 heteroatoms. The number of aryl methyl sites for hydroxylation is 1. The summed E-state index contributed by atoms with van der Waals surface area (Å²) < 4.78 is 11.1. The highest BCUT2D eigenvalue weighted by molar-refractivity contribution is 6.36. The van der Waals surface area contributed by atoms with E-state index in [-0.39, 0.29) is 24.8 Å². The number of fused-ring (bicyclic) bond motifs is 1. The summed E-state index contributed by atoms with van der Waals surface area (Å²) in [6.45, 7) is 2.87. The topological polar surface area (TPSA) is 67.9 Å². The molecule has 0 radical (unpaired) electrons. The molecule has 0 fully saturated rings. The number of halogens is 2. The number of likely N-dealkylation sites (N-methyl/N-ethyl adjacent to an activating group) is 1. The zero-order chi connectivity index (χ0) is 21.7. The molecule has 0 aliphatic carbocycles. The zero-order valence-corrected chi connectivity index (χ0v) is 18.4. The van der Waals surface area contributed by atoms with E-state index in [1.165, 1.54) is 4.90 Å². The minimum Gasteiger partial charge on any atom is -0.486 e. The van der Waals surface area contributed by atoms with E-state index in [9.17, 15) is 9.59 Å². The molecule has 1 unspecified atom stereocenters. The lowest BCUT2D eigenvalue weighted by Gasteiger charge is -2.29. The molecule has 1 atom stereocenters. The second-order valence-corrected chi connectivity index (χ2v) is 7.80. The van der Waals surface area contributed by atoms with E-state index in [1.807, 2.05) is 18.2 Å². The molecular weight excluding hydrogens is 427 g/mol. The Hall–Kier alpha value is -2.44. The van der Waals surface area contributed by atoms with Gasteiger partial charge >= 0.3 is 0 Å². The lowest BCUT2D eigenvalue weighted by Crippen LogP contribution is -2.46. The van der Waals surface area contributed by atoms with Gasteiger partial charge in [-0.2, -0.15) is 0 Å². The highest BCUT2D eigenvalue weighted by Crippen LogP contribution is 2.31. The van der Waals surface area contributed by atoms with Gasteiger partial charge in [0.05, 0.1) is 0 Å². The predicted molar refractivity (Wildman–Crippen MR) is 116 cm³/mol. The van der Waals surface area contributed by atoms with Gasteiger partial charge in [0.2, 0.25) is 11.8 Å². The van der Waals surface area contributed by atoms with Crippen molar-refractivity contribution < 1.29 is 19.1 Å². The fourth-order valence-corrected chi connectivity index (χ4v) is 3.80. The molecule has 0 aromatic heterocycles. The highest BCUT2D eigenvalue weighted by Gasteiger charge is 2.26. The van der Waals surface area contributed by atoms with Crippen LogP contribution >= 0.6 is 23.2 Å². The second kappa shape index (κ2) is 10.0. The molecule has 1 aliphatic rings. The molecule has 3 rings (SSSR count). The van der Waals surface area contributed by atoms with Gasteiger partial charge in [-0.1, -0.05) is 35.3 Å². The summed E-state index contributed by atoms with van der Waals surface area (Å²) in [5.41, 5.74) is 1.57. The molecule has 2 aromatic rings. The molecule has 2 aromatic carbocycles. The Balaban J connectivity index is 1.75. The minimum atomic E-state index is -0.671. The van der Waals surface area contributed by atoms with E-state index in [0.717, 1.165) is 5.56 Å². The number of rotatable bonds is 7. The Labute approximate surface area is 186 Å². The second-order valence-electron chi connectivity index (χ2n) is 6.99. The third-order valence-corrected chi connectivity index (χ3v) is 5.75. The normalized spacial score (nSPS) is 13.5. The van der Waals surface area contributed by atoms with Crippen LogP contribution in [-0.2, 0) is 22.6 Å². The number of carbonyl (C=O) groups excluding carboxylic acids is 2. The van der Waals surface area contributed by atoms with Crippen LogP contribution in [0.4, 0.5) is 0 Å². The average Bonchev–Trinajstić information content (AvgIpc) is 2.76. The summed E-state index contributed by atoms with van der Waals surface area (Å²) in [5, 5.41) is 3.50. The Morgan fingerprint density at radius 1 is 1.10 bits per heavy atom. The molecular formula is C22H24Cl2N2O4. The fraction of sp³-hybridized carbons (Fsp3) is 0.364. The van der Waals surface area contributed by atoms with Crippen molar-refractivity contribution in [2.24, 2.45) is 0 Å². The van der Waals surface area contributed by atoms with Crippen LogP contribution in [-0.4, -0.2) is 43.0 Å². The van der Waals surface area contributed by atoms with Crippen LogP contribution < -0.4 is 14.8 Å². The number of nitrogens with zero attached hydrogens (tertiary/aromatic N) is 1. The summed E-state index contributed by atoms with van der Waals surface area (Å²) in [4.78, 5) is 26.9. The maximum Gasteiger partial charge on any atom is 0.242 e. The van der Waals surface area contributed by atoms with Crippen molar-refractivity contribution in [1.29, 1.82) is 0 Å². The predicted octanol–water partition coefficient (Wildman–Crippen LogP) is 3.86. The van der Waals surface area contributed by atoms with Crippen molar-refractivity contribution in [1.82, 2.24) is 10.2 Å². The average molecular weight is 451 g/mol. The molecule has 0 spiro atoms. The smallest absolute Gasteiger partial charge is 0.242 e. The molecule has 6 nitrogen and oxygen atoms in total. The third-order valence-electron chi connectivity index (χ3n) is 5.04. The van der Waals surface area contributed by atoms with Gasteiger partial charge in [0.25, 0.3) is 0 Å². The molecule has 2 amide bonds. The van der Waals surface area contributed by atoms with Crippen LogP contribution in [0.3, 0.4) is 0 Å². The number of carbonyl (C=O) groups is 2. The van der Waals surface area contributed by atoms with E-state index in [0.29, 0.717) is 46.7 Å². The largest absolute Gasteiger partial charge is 0.486 e. The first-order valence-electron chi connectivity index (χ1n) is 9.73. The SMILES string of the molecule is CNC(=O)C(C)N(Cc1c(Cl)cccc1Cl)C(=O)CCc1ccc2c(c1)OCCO2. The third kappa shape index (κ3) is 5.18. The number of ether oxygens (including phenoxy) is 2. The van der Waals surface area contributed by atoms with Crippen LogP contribution in [0.2, 0.25) is 10.0 Å². The lowest BCUT2D eigenvalue weighted by molar-refractivity contribution is -0.140. The summed E-state index contributed by atoms with van der Waals surface area (Å²) in [6, 6.07) is 10.1. The van der Waals surface area contributed by atoms with Gasteiger partial charge in [-0.15, -0.1) is 0 Å². The highest BCUT2D eigenvalue weighted by atomic mass is 35.5. The molecule has 0 saturated carbocycles. The van der Waals surface area contributed by atoms with Crippen molar-refractivity contribution in [2.75, 3.05) is 20.3 Å². The number of nitrogens with one attached hydrogen (secondary N) is 1. The molecule has 160 valence electrons. The van der Waals surface area contributed by atoms with Crippen LogP contribution in [0.5, 0.6) is 11.5 Å². The fourth-order valence-electron chi connectivity index (χ4n) is 3.28. The first-order chi connectivity index (χ1) is 14.4. The monoisotopic (exact) mass is 450 g/mol. The summed E-state index contributed by atoms with van der Waals surface area (Å²) in [5.74, 6) is 0.965. The molecule has 1 aliphatic heterocycles. The lowest BCUT2D eigenvalue weighted by atomic mass is 10.1. The summed E-state index contributed by atoms with van der Waals surface area (Å²) >= 11 is 12.6. The zero-order valence-electron chi connectivity index (χ0n) is 16.9. The number of hydrogen-bond donors (Lipinski definition) is 1. The standard InChI is InChI=1S/C22H24Cl2N2O4/c1-14(22(28)25-2)26(13-16-17(23)4-3-5-18(16)24)21(27)9-7-15-6-8-19-20(12-15)30-11-10-29-19/h3-6,8,12,14H,7,9-11,13H2,1-2H3,(H,25,28). The Morgan fingerprint density at radius 2 is 1.77 bits per heavy atom. The summed E-state index contributed by atoms with van der Waals surface area (Å²) in [7, 11) is 1.54. The van der Waals surface area contributed by atoms with Crippen molar-refractivity contribution in [3.63, 3.8) is 0 Å². The van der Waals surface area contributed by atoms with Crippen LogP contribution in [0.25, 0.3) is 0 Å². The quantitative estimate of drug-likeness (QED) is 0.695. The van der Waals surface area contributed by atoms with Gasteiger partial charge in [0, 0.05) is 35.6 Å². The molecule has 0 bridgehead atoms. The van der Waals surface area contributed by atoms with E-state index in [2.05, 4.69) is 5.32 Å².